The average molecular weight is 281 g/mol. The van der Waals surface area contributed by atoms with E-state index >= 15 is 0 Å². The summed E-state index contributed by atoms with van der Waals surface area (Å²) in [6, 6.07) is -0.422. The van der Waals surface area contributed by atoms with Gasteiger partial charge >= 0.3 is 0 Å². The number of hydrogen-bond donors (Lipinski definition) is 1. The van der Waals surface area contributed by atoms with Crippen LogP contribution < -0.4 is 5.32 Å². The highest BCUT2D eigenvalue weighted by atomic mass is 32.1. The number of carbonyl (C=O) groups excluding carboxylic acids is 2. The van der Waals surface area contributed by atoms with Crippen molar-refractivity contribution in [1.82, 2.24) is 15.2 Å². The molecule has 0 radical (unpaired) electrons. The Labute approximate surface area is 117 Å². The summed E-state index contributed by atoms with van der Waals surface area (Å²) in [4.78, 5) is 30.2. The molecule has 1 fully saturated rings. The van der Waals surface area contributed by atoms with Crippen LogP contribution >= 0.6 is 11.3 Å². The Balaban J connectivity index is 2.14. The third kappa shape index (κ3) is 3.32. The number of amides is 2. The van der Waals surface area contributed by atoms with E-state index < -0.39 is 6.04 Å². The lowest BCUT2D eigenvalue weighted by atomic mass is 10.0. The molecular weight excluding hydrogens is 262 g/mol. The quantitative estimate of drug-likeness (QED) is 0.909. The van der Waals surface area contributed by atoms with Gasteiger partial charge in [-0.1, -0.05) is 13.8 Å². The van der Waals surface area contributed by atoms with Gasteiger partial charge in [0.05, 0.1) is 17.2 Å². The minimum Gasteiger partial charge on any atom is -0.344 e. The van der Waals surface area contributed by atoms with E-state index in [2.05, 4.69) is 10.3 Å². The third-order valence-electron chi connectivity index (χ3n) is 3.19. The minimum atomic E-state index is -0.422. The van der Waals surface area contributed by atoms with Gasteiger partial charge in [0.25, 0.3) is 0 Å². The van der Waals surface area contributed by atoms with Crippen molar-refractivity contribution in [2.24, 2.45) is 5.92 Å². The summed E-state index contributed by atoms with van der Waals surface area (Å²) < 4.78 is 0. The SMILES string of the molecule is Cc1nc(CN2CCC(=O)NC(C(C)C)C2=O)cs1. The Bertz CT molecular complexity index is 484. The van der Waals surface area contributed by atoms with Crippen molar-refractivity contribution in [2.45, 2.75) is 39.8 Å². The summed E-state index contributed by atoms with van der Waals surface area (Å²) >= 11 is 1.58. The van der Waals surface area contributed by atoms with Gasteiger partial charge in [0, 0.05) is 18.3 Å². The van der Waals surface area contributed by atoms with Gasteiger partial charge in [-0.2, -0.15) is 0 Å². The molecule has 19 heavy (non-hydrogen) atoms. The number of rotatable bonds is 3. The topological polar surface area (TPSA) is 62.3 Å². The van der Waals surface area contributed by atoms with Gasteiger partial charge in [-0.05, 0) is 12.8 Å². The van der Waals surface area contributed by atoms with Crippen LogP contribution in [0.4, 0.5) is 0 Å². The number of aryl methyl sites for hydroxylation is 1. The van der Waals surface area contributed by atoms with E-state index in [0.717, 1.165) is 10.7 Å². The van der Waals surface area contributed by atoms with Crippen LogP contribution in [0.3, 0.4) is 0 Å². The molecule has 1 aromatic heterocycles. The lowest BCUT2D eigenvalue weighted by molar-refractivity contribution is -0.135. The Morgan fingerprint density at radius 2 is 2.26 bits per heavy atom. The lowest BCUT2D eigenvalue weighted by Crippen LogP contribution is -2.47. The smallest absolute Gasteiger partial charge is 0.245 e. The molecule has 2 heterocycles. The fourth-order valence-corrected chi connectivity index (χ4v) is 2.74. The molecule has 0 saturated carbocycles. The third-order valence-corrected chi connectivity index (χ3v) is 4.01. The van der Waals surface area contributed by atoms with Gasteiger partial charge < -0.3 is 10.2 Å². The Morgan fingerprint density at radius 3 is 2.84 bits per heavy atom. The minimum absolute atomic E-state index is 0.00787. The van der Waals surface area contributed by atoms with Crippen LogP contribution in [0.5, 0.6) is 0 Å². The molecule has 1 aliphatic heterocycles. The molecule has 1 N–H and O–H groups in total. The van der Waals surface area contributed by atoms with Crippen molar-refractivity contribution in [1.29, 1.82) is 0 Å². The van der Waals surface area contributed by atoms with Crippen molar-refractivity contribution in [2.75, 3.05) is 6.54 Å². The number of aromatic nitrogens is 1. The van der Waals surface area contributed by atoms with Crippen molar-refractivity contribution < 1.29 is 9.59 Å². The van der Waals surface area contributed by atoms with E-state index in [1.165, 1.54) is 0 Å². The molecule has 5 nitrogen and oxygen atoms in total. The van der Waals surface area contributed by atoms with Crippen molar-refractivity contribution in [3.05, 3.63) is 16.1 Å². The molecule has 0 spiro atoms. The number of nitrogens with one attached hydrogen (secondary N) is 1. The second-order valence-electron chi connectivity index (χ2n) is 5.16. The molecule has 1 aromatic rings. The Hall–Kier alpha value is -1.43. The fraction of sp³-hybridized carbons (Fsp3) is 0.615. The lowest BCUT2D eigenvalue weighted by Gasteiger charge is -2.25. The summed E-state index contributed by atoms with van der Waals surface area (Å²) in [5, 5.41) is 5.76. The molecule has 2 rings (SSSR count). The highest BCUT2D eigenvalue weighted by Crippen LogP contribution is 2.15. The summed E-state index contributed by atoms with van der Waals surface area (Å²) in [6.07, 6.45) is 0.359. The molecule has 104 valence electrons. The van der Waals surface area contributed by atoms with Crippen LogP contribution in [-0.2, 0) is 16.1 Å². The molecule has 0 bridgehead atoms. The van der Waals surface area contributed by atoms with Crippen molar-refractivity contribution in [3.8, 4) is 0 Å². The molecule has 1 atom stereocenters. The van der Waals surface area contributed by atoms with Crippen LogP contribution in [-0.4, -0.2) is 34.3 Å². The summed E-state index contributed by atoms with van der Waals surface area (Å²) in [5.74, 6) is 0.0322. The first-order valence-corrected chi connectivity index (χ1v) is 7.34. The van der Waals surface area contributed by atoms with E-state index in [4.69, 9.17) is 0 Å². The van der Waals surface area contributed by atoms with Crippen molar-refractivity contribution >= 4 is 23.2 Å². The monoisotopic (exact) mass is 281 g/mol. The summed E-state index contributed by atoms with van der Waals surface area (Å²) in [7, 11) is 0. The zero-order valence-corrected chi connectivity index (χ0v) is 12.3. The van der Waals surface area contributed by atoms with Crippen molar-refractivity contribution in [3.63, 3.8) is 0 Å². The van der Waals surface area contributed by atoms with E-state index in [1.54, 1.807) is 16.2 Å². The van der Waals surface area contributed by atoms with Crippen LogP contribution in [0.25, 0.3) is 0 Å². The van der Waals surface area contributed by atoms with Crippen LogP contribution in [0.15, 0.2) is 5.38 Å². The average Bonchev–Trinajstić information content (AvgIpc) is 2.69. The maximum Gasteiger partial charge on any atom is 0.245 e. The Kier molecular flexibility index (Phi) is 4.19. The number of nitrogens with zero attached hydrogens (tertiary/aromatic N) is 2. The molecular formula is C13H19N3O2S. The first-order valence-electron chi connectivity index (χ1n) is 6.46. The van der Waals surface area contributed by atoms with Gasteiger partial charge in [-0.3, -0.25) is 9.59 Å². The molecule has 1 unspecified atom stereocenters. The first-order chi connectivity index (χ1) is 8.97. The van der Waals surface area contributed by atoms with Gasteiger partial charge in [0.1, 0.15) is 6.04 Å². The van der Waals surface area contributed by atoms with Gasteiger partial charge in [-0.15, -0.1) is 11.3 Å². The second-order valence-corrected chi connectivity index (χ2v) is 6.22. The Morgan fingerprint density at radius 1 is 1.53 bits per heavy atom. The summed E-state index contributed by atoms with van der Waals surface area (Å²) in [6.45, 7) is 6.78. The largest absolute Gasteiger partial charge is 0.344 e. The van der Waals surface area contributed by atoms with Gasteiger partial charge in [0.2, 0.25) is 11.8 Å². The van der Waals surface area contributed by atoms with E-state index in [1.807, 2.05) is 26.2 Å². The van der Waals surface area contributed by atoms with E-state index in [9.17, 15) is 9.59 Å². The van der Waals surface area contributed by atoms with Gasteiger partial charge in [-0.25, -0.2) is 4.98 Å². The highest BCUT2D eigenvalue weighted by Gasteiger charge is 2.32. The molecule has 0 aliphatic carbocycles. The van der Waals surface area contributed by atoms with Crippen LogP contribution in [0.2, 0.25) is 0 Å². The van der Waals surface area contributed by atoms with Gasteiger partial charge in [0.15, 0.2) is 0 Å². The first kappa shape index (κ1) is 14.0. The predicted octanol–water partition coefficient (Wildman–Crippen LogP) is 1.32. The highest BCUT2D eigenvalue weighted by molar-refractivity contribution is 7.09. The number of hydrogen-bond acceptors (Lipinski definition) is 4. The zero-order valence-electron chi connectivity index (χ0n) is 11.5. The van der Waals surface area contributed by atoms with Crippen LogP contribution in [0, 0.1) is 12.8 Å². The summed E-state index contributed by atoms with van der Waals surface area (Å²) in [5.41, 5.74) is 0.896. The molecule has 0 aromatic carbocycles. The number of carbonyl (C=O) groups is 2. The maximum atomic E-state index is 12.4. The maximum absolute atomic E-state index is 12.4. The zero-order chi connectivity index (χ0) is 14.0. The fourth-order valence-electron chi connectivity index (χ4n) is 2.14. The van der Waals surface area contributed by atoms with E-state index in [-0.39, 0.29) is 17.7 Å². The standard InChI is InChI=1S/C13H19N3O2S/c1-8(2)12-13(18)16(5-4-11(17)15-12)6-10-7-19-9(3)14-10/h7-8,12H,4-6H2,1-3H3,(H,15,17). The molecule has 1 saturated heterocycles. The number of thiazole rings is 1. The van der Waals surface area contributed by atoms with E-state index in [0.29, 0.717) is 19.5 Å². The molecule has 2 amide bonds. The normalized spacial score (nSPS) is 20.6. The predicted molar refractivity (Wildman–Crippen MR) is 73.7 cm³/mol. The second kappa shape index (κ2) is 5.69. The molecule has 6 heteroatoms. The van der Waals surface area contributed by atoms with Crippen LogP contribution in [0.1, 0.15) is 31.0 Å². The molecule has 1 aliphatic rings.